The van der Waals surface area contributed by atoms with Crippen molar-refractivity contribution >= 4 is 11.9 Å². The molecule has 0 spiro atoms. The van der Waals surface area contributed by atoms with E-state index in [4.69, 9.17) is 4.74 Å². The van der Waals surface area contributed by atoms with Crippen LogP contribution in [0.1, 0.15) is 65.2 Å². The summed E-state index contributed by atoms with van der Waals surface area (Å²) in [6, 6.07) is 0. The normalized spacial score (nSPS) is 35.7. The smallest absolute Gasteiger partial charge is 0.316 e. The van der Waals surface area contributed by atoms with Gasteiger partial charge in [-0.25, -0.2) is 0 Å². The minimum Gasteiger partial charge on any atom is -0.393 e. The zero-order valence-corrected chi connectivity index (χ0v) is 12.2. The van der Waals surface area contributed by atoms with Gasteiger partial charge in [0.15, 0.2) is 0 Å². The highest BCUT2D eigenvalue weighted by atomic mass is 16.6. The third kappa shape index (κ3) is 4.05. The van der Waals surface area contributed by atoms with Gasteiger partial charge in [-0.2, -0.15) is 0 Å². The minimum atomic E-state index is -0.269. The predicted molar refractivity (Wildman–Crippen MR) is 73.3 cm³/mol. The lowest BCUT2D eigenvalue weighted by Gasteiger charge is -2.27. The number of carbonyl (C=O) groups excluding carboxylic acids is 2. The van der Waals surface area contributed by atoms with Crippen LogP contribution in [0, 0.1) is 23.7 Å². The van der Waals surface area contributed by atoms with E-state index >= 15 is 0 Å². The summed E-state index contributed by atoms with van der Waals surface area (Å²) in [5, 5.41) is 0. The summed E-state index contributed by atoms with van der Waals surface area (Å²) < 4.78 is 5.15. The molecule has 2 fully saturated rings. The summed E-state index contributed by atoms with van der Waals surface area (Å²) in [5.74, 6) is 0.527. The van der Waals surface area contributed by atoms with Crippen molar-refractivity contribution in [1.82, 2.24) is 0 Å². The molecule has 0 unspecified atom stereocenters. The molecule has 0 amide bonds. The topological polar surface area (TPSA) is 43.4 Å². The van der Waals surface area contributed by atoms with E-state index in [1.165, 1.54) is 12.8 Å². The van der Waals surface area contributed by atoms with Gasteiger partial charge < -0.3 is 4.74 Å². The maximum absolute atomic E-state index is 12.0. The summed E-state index contributed by atoms with van der Waals surface area (Å²) in [6.07, 6.45) is 8.08. The highest BCUT2D eigenvalue weighted by molar-refractivity contribution is 5.88. The average Bonchev–Trinajstić information content (AvgIpc) is 2.38. The first kappa shape index (κ1) is 14.5. The summed E-state index contributed by atoms with van der Waals surface area (Å²) in [5.41, 5.74) is 0. The second-order valence-corrected chi connectivity index (χ2v) is 6.68. The quantitative estimate of drug-likeness (QED) is 0.565. The van der Waals surface area contributed by atoms with Gasteiger partial charge in [0.05, 0.1) is 11.8 Å². The van der Waals surface area contributed by atoms with Crippen molar-refractivity contribution in [3.8, 4) is 0 Å². The van der Waals surface area contributed by atoms with Crippen LogP contribution in [0.4, 0.5) is 0 Å². The number of ether oxygens (including phenoxy) is 1. The average molecular weight is 266 g/mol. The molecule has 0 aliphatic heterocycles. The van der Waals surface area contributed by atoms with Crippen LogP contribution in [0.25, 0.3) is 0 Å². The van der Waals surface area contributed by atoms with E-state index in [-0.39, 0.29) is 23.8 Å². The van der Waals surface area contributed by atoms with Crippen LogP contribution in [-0.4, -0.2) is 11.9 Å². The summed E-state index contributed by atoms with van der Waals surface area (Å²) in [6.45, 7) is 4.34. The molecule has 19 heavy (non-hydrogen) atoms. The third-order valence-electron chi connectivity index (χ3n) is 4.74. The molecule has 0 N–H and O–H groups in total. The van der Waals surface area contributed by atoms with E-state index in [0.29, 0.717) is 11.8 Å². The molecule has 108 valence electrons. The van der Waals surface area contributed by atoms with Gasteiger partial charge in [-0.15, -0.1) is 0 Å². The van der Waals surface area contributed by atoms with Crippen molar-refractivity contribution in [3.63, 3.8) is 0 Å². The van der Waals surface area contributed by atoms with E-state index < -0.39 is 0 Å². The fraction of sp³-hybridized carbons (Fsp3) is 0.875. The predicted octanol–water partition coefficient (Wildman–Crippen LogP) is 3.71. The molecule has 0 saturated heterocycles. The van der Waals surface area contributed by atoms with Crippen LogP contribution < -0.4 is 0 Å². The third-order valence-corrected chi connectivity index (χ3v) is 4.74. The van der Waals surface area contributed by atoms with Crippen LogP contribution in [-0.2, 0) is 14.3 Å². The molecule has 2 rings (SSSR count). The summed E-state index contributed by atoms with van der Waals surface area (Å²) in [4.78, 5) is 24.1. The first-order valence-corrected chi connectivity index (χ1v) is 7.81. The van der Waals surface area contributed by atoms with Crippen LogP contribution >= 0.6 is 0 Å². The molecular formula is C16H26O3. The Balaban J connectivity index is 1.82. The molecule has 0 heterocycles. The maximum atomic E-state index is 12.0. The molecule has 3 nitrogen and oxygen atoms in total. The molecule has 4 atom stereocenters. The first-order valence-electron chi connectivity index (χ1n) is 7.81. The molecule has 0 aromatic rings. The van der Waals surface area contributed by atoms with Gasteiger partial charge in [0, 0.05) is 0 Å². The second kappa shape index (κ2) is 6.53. The van der Waals surface area contributed by atoms with Crippen molar-refractivity contribution < 1.29 is 14.3 Å². The molecule has 2 saturated carbocycles. The first-order chi connectivity index (χ1) is 9.06. The minimum absolute atomic E-state index is 0.0475. The Kier molecular flexibility index (Phi) is 5.00. The molecule has 2 aliphatic rings. The number of hydrogen-bond acceptors (Lipinski definition) is 3. The molecule has 0 aromatic carbocycles. The molecule has 2 aliphatic carbocycles. The van der Waals surface area contributed by atoms with Crippen LogP contribution in [0.3, 0.4) is 0 Å². The zero-order valence-electron chi connectivity index (χ0n) is 12.2. The largest absolute Gasteiger partial charge is 0.393 e. The molecular weight excluding hydrogens is 240 g/mol. The highest BCUT2D eigenvalue weighted by Gasteiger charge is 2.32. The van der Waals surface area contributed by atoms with E-state index in [1.807, 2.05) is 0 Å². The Hall–Kier alpha value is -0.860. The summed E-state index contributed by atoms with van der Waals surface area (Å²) in [7, 11) is 0. The van der Waals surface area contributed by atoms with E-state index in [9.17, 15) is 9.59 Å². The summed E-state index contributed by atoms with van der Waals surface area (Å²) >= 11 is 0. The lowest BCUT2D eigenvalue weighted by Crippen LogP contribution is -2.30. The van der Waals surface area contributed by atoms with Crippen molar-refractivity contribution in [2.45, 2.75) is 65.2 Å². The van der Waals surface area contributed by atoms with Gasteiger partial charge in [0.1, 0.15) is 0 Å². The van der Waals surface area contributed by atoms with Crippen LogP contribution in [0.15, 0.2) is 0 Å². The monoisotopic (exact) mass is 266 g/mol. The van der Waals surface area contributed by atoms with Gasteiger partial charge in [-0.3, -0.25) is 9.59 Å². The lowest BCUT2D eigenvalue weighted by atomic mass is 9.82. The van der Waals surface area contributed by atoms with E-state index in [0.717, 1.165) is 38.5 Å². The van der Waals surface area contributed by atoms with Gasteiger partial charge in [-0.05, 0) is 37.5 Å². The number of carbonyl (C=O) groups is 2. The Morgan fingerprint density at radius 2 is 1.21 bits per heavy atom. The molecule has 3 heteroatoms. The fourth-order valence-electron chi connectivity index (χ4n) is 3.56. The van der Waals surface area contributed by atoms with Crippen LogP contribution in [0.5, 0.6) is 0 Å². The number of esters is 2. The highest BCUT2D eigenvalue weighted by Crippen LogP contribution is 2.32. The zero-order chi connectivity index (χ0) is 13.8. The standard InChI is InChI=1S/C16H26O3/c1-11-5-3-7-13(9-11)15(17)19-16(18)14-8-4-6-12(2)10-14/h11-14H,3-10H2,1-2H3/t11-,12-,13+,14+/m1/s1. The fourth-order valence-corrected chi connectivity index (χ4v) is 3.56. The van der Waals surface area contributed by atoms with Gasteiger partial charge in [0.25, 0.3) is 0 Å². The Labute approximate surface area is 116 Å². The maximum Gasteiger partial charge on any atom is 0.316 e. The van der Waals surface area contributed by atoms with Crippen LogP contribution in [0.2, 0.25) is 0 Å². The number of hydrogen-bond donors (Lipinski definition) is 0. The molecule has 0 bridgehead atoms. The Morgan fingerprint density at radius 1 is 0.789 bits per heavy atom. The van der Waals surface area contributed by atoms with Crippen molar-refractivity contribution in [2.24, 2.45) is 23.7 Å². The van der Waals surface area contributed by atoms with E-state index in [1.54, 1.807) is 0 Å². The lowest BCUT2D eigenvalue weighted by molar-refractivity contribution is -0.167. The number of rotatable bonds is 2. The Morgan fingerprint density at radius 3 is 1.58 bits per heavy atom. The second-order valence-electron chi connectivity index (χ2n) is 6.68. The molecule has 0 radical (unpaired) electrons. The van der Waals surface area contributed by atoms with Crippen molar-refractivity contribution in [1.29, 1.82) is 0 Å². The van der Waals surface area contributed by atoms with Gasteiger partial charge in [0.2, 0.25) is 0 Å². The Bertz CT molecular complexity index is 305. The van der Waals surface area contributed by atoms with E-state index in [2.05, 4.69) is 13.8 Å². The van der Waals surface area contributed by atoms with Crippen molar-refractivity contribution in [3.05, 3.63) is 0 Å². The SMILES string of the molecule is C[C@@H]1CCC[C@H](C(=O)OC(=O)[C@H]2CCC[C@@H](C)C2)C1. The van der Waals surface area contributed by atoms with Gasteiger partial charge >= 0.3 is 11.9 Å². The molecule has 0 aromatic heterocycles. The van der Waals surface area contributed by atoms with Gasteiger partial charge in [-0.1, -0.05) is 39.5 Å². The van der Waals surface area contributed by atoms with Crippen molar-refractivity contribution in [2.75, 3.05) is 0 Å².